The Labute approximate surface area is 172 Å². The summed E-state index contributed by atoms with van der Waals surface area (Å²) in [5.41, 5.74) is 3.48. The van der Waals surface area contributed by atoms with E-state index in [9.17, 15) is 9.90 Å². The second-order valence-corrected chi connectivity index (χ2v) is 7.72. The molecular weight excluding hydrogens is 366 g/mol. The minimum atomic E-state index is -0.766. The Morgan fingerprint density at radius 2 is 2.10 bits per heavy atom. The highest BCUT2D eigenvalue weighted by molar-refractivity contribution is 5.68. The van der Waals surface area contributed by atoms with Gasteiger partial charge in [-0.25, -0.2) is 9.97 Å². The molecule has 1 aliphatic rings. The number of anilines is 1. The Morgan fingerprint density at radius 3 is 2.93 bits per heavy atom. The number of carboxylic acid groups (broad SMARTS) is 1. The van der Waals surface area contributed by atoms with Crippen LogP contribution in [0.5, 0.6) is 5.88 Å². The number of carbonyl (C=O) groups is 1. The van der Waals surface area contributed by atoms with Crippen molar-refractivity contribution < 1.29 is 14.6 Å². The summed E-state index contributed by atoms with van der Waals surface area (Å²) in [5.74, 6) is 0.832. The van der Waals surface area contributed by atoms with E-state index >= 15 is 0 Å². The van der Waals surface area contributed by atoms with Crippen molar-refractivity contribution in [1.82, 2.24) is 9.97 Å². The lowest BCUT2D eigenvalue weighted by atomic mass is 9.90. The first-order valence-corrected chi connectivity index (χ1v) is 10.6. The molecule has 29 heavy (non-hydrogen) atoms. The molecule has 6 nitrogen and oxygen atoms in total. The number of rotatable bonds is 11. The van der Waals surface area contributed by atoms with Crippen molar-refractivity contribution in [3.05, 3.63) is 47.3 Å². The Kier molecular flexibility index (Phi) is 7.85. The number of aromatic nitrogens is 2. The molecule has 2 aromatic rings. The third-order valence-electron chi connectivity index (χ3n) is 5.55. The lowest BCUT2D eigenvalue weighted by Gasteiger charge is -2.17. The van der Waals surface area contributed by atoms with Crippen LogP contribution in [0.4, 0.5) is 5.82 Å². The molecule has 0 radical (unpaired) electrons. The molecule has 2 aromatic heterocycles. The highest BCUT2D eigenvalue weighted by Crippen LogP contribution is 2.28. The van der Waals surface area contributed by atoms with Gasteiger partial charge in [0.25, 0.3) is 0 Å². The Morgan fingerprint density at radius 1 is 1.24 bits per heavy atom. The van der Waals surface area contributed by atoms with Gasteiger partial charge in [0, 0.05) is 24.5 Å². The number of unbranched alkanes of at least 4 members (excludes halogenated alkanes) is 3. The van der Waals surface area contributed by atoms with Gasteiger partial charge in [-0.2, -0.15) is 0 Å². The van der Waals surface area contributed by atoms with Crippen LogP contribution in [0.2, 0.25) is 0 Å². The van der Waals surface area contributed by atoms with E-state index in [0.717, 1.165) is 68.6 Å². The van der Waals surface area contributed by atoms with E-state index in [0.29, 0.717) is 5.88 Å². The first-order chi connectivity index (χ1) is 14.2. The number of hydrogen-bond acceptors (Lipinski definition) is 5. The monoisotopic (exact) mass is 397 g/mol. The molecule has 1 unspecified atom stereocenters. The fraction of sp³-hybridized carbons (Fsp3) is 0.522. The molecule has 0 saturated carbocycles. The molecule has 0 bridgehead atoms. The zero-order valence-electron chi connectivity index (χ0n) is 17.2. The number of ether oxygens (including phenoxy) is 1. The summed E-state index contributed by atoms with van der Waals surface area (Å²) in [6.45, 7) is 1.02. The summed E-state index contributed by atoms with van der Waals surface area (Å²) in [7, 11) is 1.58. The zero-order valence-corrected chi connectivity index (χ0v) is 17.2. The molecule has 0 aromatic carbocycles. The van der Waals surface area contributed by atoms with Crippen molar-refractivity contribution in [3.8, 4) is 5.88 Å². The van der Waals surface area contributed by atoms with E-state index in [1.165, 1.54) is 12.0 Å². The second kappa shape index (κ2) is 10.8. The molecule has 2 N–H and O–H groups in total. The number of nitrogens with zero attached hydrogens (tertiary/aromatic N) is 2. The predicted octanol–water partition coefficient (Wildman–Crippen LogP) is 4.59. The Hall–Kier alpha value is -2.63. The third kappa shape index (κ3) is 6.44. The number of carboxylic acids is 1. The Balaban J connectivity index is 1.42. The van der Waals surface area contributed by atoms with Crippen LogP contribution in [-0.2, 0) is 17.6 Å². The average molecular weight is 398 g/mol. The maximum absolute atomic E-state index is 11.3. The van der Waals surface area contributed by atoms with Crippen molar-refractivity contribution in [3.63, 3.8) is 0 Å². The minimum Gasteiger partial charge on any atom is -0.481 e. The topological polar surface area (TPSA) is 84.3 Å². The molecule has 0 amide bonds. The highest BCUT2D eigenvalue weighted by atomic mass is 16.5. The molecule has 1 atom stereocenters. The number of aryl methyl sites for hydroxylation is 2. The van der Waals surface area contributed by atoms with Gasteiger partial charge in [-0.05, 0) is 61.3 Å². The van der Waals surface area contributed by atoms with Crippen molar-refractivity contribution in [2.75, 3.05) is 19.0 Å². The van der Waals surface area contributed by atoms with Gasteiger partial charge in [-0.3, -0.25) is 4.79 Å². The third-order valence-corrected chi connectivity index (χ3v) is 5.55. The van der Waals surface area contributed by atoms with Gasteiger partial charge in [-0.15, -0.1) is 0 Å². The van der Waals surface area contributed by atoms with Crippen LogP contribution in [0, 0.1) is 0 Å². The predicted molar refractivity (Wildman–Crippen MR) is 114 cm³/mol. The first-order valence-electron chi connectivity index (χ1n) is 10.6. The molecular formula is C23H31N3O3. The van der Waals surface area contributed by atoms with E-state index in [2.05, 4.69) is 22.4 Å². The quantitative estimate of drug-likeness (QED) is 0.539. The fourth-order valence-electron chi connectivity index (χ4n) is 3.95. The van der Waals surface area contributed by atoms with E-state index in [-0.39, 0.29) is 12.3 Å². The lowest BCUT2D eigenvalue weighted by molar-refractivity contribution is -0.137. The summed E-state index contributed by atoms with van der Waals surface area (Å²) < 4.78 is 5.18. The molecule has 3 heterocycles. The van der Waals surface area contributed by atoms with E-state index in [4.69, 9.17) is 9.72 Å². The molecule has 3 rings (SSSR count). The maximum Gasteiger partial charge on any atom is 0.303 e. The normalized spacial score (nSPS) is 14.0. The largest absolute Gasteiger partial charge is 0.481 e. The van der Waals surface area contributed by atoms with Crippen LogP contribution in [0.3, 0.4) is 0 Å². The van der Waals surface area contributed by atoms with Crippen molar-refractivity contribution in [2.24, 2.45) is 0 Å². The number of pyridine rings is 2. The van der Waals surface area contributed by atoms with Crippen molar-refractivity contribution in [2.45, 2.75) is 63.7 Å². The van der Waals surface area contributed by atoms with Crippen LogP contribution >= 0.6 is 0 Å². The van der Waals surface area contributed by atoms with Crippen LogP contribution in [-0.4, -0.2) is 34.7 Å². The molecule has 156 valence electrons. The smallest absolute Gasteiger partial charge is 0.303 e. The van der Waals surface area contributed by atoms with Crippen molar-refractivity contribution >= 4 is 11.8 Å². The zero-order chi connectivity index (χ0) is 20.5. The fourth-order valence-corrected chi connectivity index (χ4v) is 3.95. The van der Waals surface area contributed by atoms with Gasteiger partial charge in [0.15, 0.2) is 0 Å². The highest BCUT2D eigenvalue weighted by Gasteiger charge is 2.16. The summed E-state index contributed by atoms with van der Waals surface area (Å²) in [6.07, 6.45) is 10.3. The SMILES string of the molecule is COc1cc(C(CCCCCCc2ccc3c(n2)NCCC3)CC(=O)O)ccn1. The maximum atomic E-state index is 11.3. The van der Waals surface area contributed by atoms with E-state index < -0.39 is 5.97 Å². The molecule has 0 spiro atoms. The average Bonchev–Trinajstić information content (AvgIpc) is 2.75. The van der Waals surface area contributed by atoms with Gasteiger partial charge in [-0.1, -0.05) is 25.3 Å². The molecule has 1 aliphatic heterocycles. The summed E-state index contributed by atoms with van der Waals surface area (Å²) in [5, 5.41) is 12.7. The van der Waals surface area contributed by atoms with Crippen molar-refractivity contribution in [1.29, 1.82) is 0 Å². The second-order valence-electron chi connectivity index (χ2n) is 7.72. The van der Waals surface area contributed by atoms with Gasteiger partial charge in [0.1, 0.15) is 5.82 Å². The van der Waals surface area contributed by atoms with Gasteiger partial charge >= 0.3 is 5.97 Å². The minimum absolute atomic E-state index is 0.00205. The summed E-state index contributed by atoms with van der Waals surface area (Å²) in [6, 6.07) is 8.12. The van der Waals surface area contributed by atoms with E-state index in [1.54, 1.807) is 13.3 Å². The number of fused-ring (bicyclic) bond motifs is 1. The number of aliphatic carboxylic acids is 1. The van der Waals surface area contributed by atoms with Gasteiger partial charge < -0.3 is 15.2 Å². The van der Waals surface area contributed by atoms with Gasteiger partial charge in [0.2, 0.25) is 5.88 Å². The van der Waals surface area contributed by atoms with Crippen LogP contribution in [0.25, 0.3) is 0 Å². The van der Waals surface area contributed by atoms with E-state index in [1.807, 2.05) is 12.1 Å². The van der Waals surface area contributed by atoms with Gasteiger partial charge in [0.05, 0.1) is 13.5 Å². The first kappa shape index (κ1) is 21.1. The molecule has 0 aliphatic carbocycles. The summed E-state index contributed by atoms with van der Waals surface area (Å²) >= 11 is 0. The lowest BCUT2D eigenvalue weighted by Crippen LogP contribution is -2.13. The number of methoxy groups -OCH3 is 1. The van der Waals surface area contributed by atoms with Crippen LogP contribution in [0.1, 0.15) is 67.7 Å². The van der Waals surface area contributed by atoms with Crippen LogP contribution < -0.4 is 10.1 Å². The molecule has 0 saturated heterocycles. The summed E-state index contributed by atoms with van der Waals surface area (Å²) in [4.78, 5) is 20.1. The Bertz CT molecular complexity index is 810. The molecule has 6 heteroatoms. The number of nitrogens with one attached hydrogen (secondary N) is 1. The standard InChI is InChI=1S/C23H31N3O3/c1-29-21-15-19(12-14-24-21)18(16-22(27)28)7-4-2-3-5-9-20-11-10-17-8-6-13-25-23(17)26-20/h10-12,14-15,18H,2-9,13,16H2,1H3,(H,25,26)(H,27,28). The number of hydrogen-bond donors (Lipinski definition) is 2. The molecule has 0 fully saturated rings. The van der Waals surface area contributed by atoms with Crippen LogP contribution in [0.15, 0.2) is 30.5 Å².